The summed E-state index contributed by atoms with van der Waals surface area (Å²) in [7, 11) is 3.15. The second-order valence-corrected chi connectivity index (χ2v) is 4.97. The molecule has 118 valence electrons. The Kier molecular flexibility index (Phi) is 5.21. The van der Waals surface area contributed by atoms with E-state index in [1.807, 2.05) is 13.0 Å². The number of carbonyl (C=O) groups is 1. The molecule has 5 heteroatoms. The van der Waals surface area contributed by atoms with Gasteiger partial charge in [-0.2, -0.15) is 5.26 Å². The molecule has 2 aromatic carbocycles. The van der Waals surface area contributed by atoms with Crippen molar-refractivity contribution in [2.24, 2.45) is 0 Å². The van der Waals surface area contributed by atoms with Gasteiger partial charge in [-0.25, -0.2) is 0 Å². The Morgan fingerprint density at radius 3 is 2.57 bits per heavy atom. The Morgan fingerprint density at radius 2 is 1.91 bits per heavy atom. The van der Waals surface area contributed by atoms with Crippen LogP contribution in [0.5, 0.6) is 11.5 Å². The molecule has 5 nitrogen and oxygen atoms in total. The maximum absolute atomic E-state index is 12.3. The summed E-state index contributed by atoms with van der Waals surface area (Å²) in [5, 5.41) is 11.8. The Hall–Kier alpha value is -3.00. The molecule has 0 spiro atoms. The van der Waals surface area contributed by atoms with E-state index in [1.54, 1.807) is 44.6 Å². The van der Waals surface area contributed by atoms with E-state index in [2.05, 4.69) is 11.4 Å². The van der Waals surface area contributed by atoms with Crippen molar-refractivity contribution in [3.05, 3.63) is 53.1 Å². The van der Waals surface area contributed by atoms with Crippen molar-refractivity contribution in [1.82, 2.24) is 0 Å². The number of rotatable bonds is 5. The number of nitriles is 1. The van der Waals surface area contributed by atoms with Crippen LogP contribution in [0.15, 0.2) is 36.4 Å². The Morgan fingerprint density at radius 1 is 1.17 bits per heavy atom. The second kappa shape index (κ2) is 7.32. The molecule has 1 N–H and O–H groups in total. The summed E-state index contributed by atoms with van der Waals surface area (Å²) in [6.45, 7) is 1.88. The summed E-state index contributed by atoms with van der Waals surface area (Å²) in [5.41, 5.74) is 2.54. The molecule has 0 heterocycles. The first-order valence-corrected chi connectivity index (χ1v) is 7.10. The first-order valence-electron chi connectivity index (χ1n) is 7.10. The summed E-state index contributed by atoms with van der Waals surface area (Å²) in [6.07, 6.45) is 0.147. The fourth-order valence-corrected chi connectivity index (χ4v) is 2.43. The predicted octanol–water partition coefficient (Wildman–Crippen LogP) is 3.07. The van der Waals surface area contributed by atoms with E-state index in [9.17, 15) is 4.79 Å². The van der Waals surface area contributed by atoms with Gasteiger partial charge in [-0.15, -0.1) is 0 Å². The van der Waals surface area contributed by atoms with Crippen LogP contribution in [0.3, 0.4) is 0 Å². The van der Waals surface area contributed by atoms with Crippen LogP contribution in [-0.4, -0.2) is 20.1 Å². The highest BCUT2D eigenvalue weighted by atomic mass is 16.5. The summed E-state index contributed by atoms with van der Waals surface area (Å²) >= 11 is 0. The molecular formula is C18H18N2O3. The molecule has 0 bridgehead atoms. The van der Waals surface area contributed by atoms with Gasteiger partial charge in [0.15, 0.2) is 0 Å². The van der Waals surface area contributed by atoms with Crippen LogP contribution in [0.4, 0.5) is 5.69 Å². The van der Waals surface area contributed by atoms with Gasteiger partial charge in [0.05, 0.1) is 31.9 Å². The highest BCUT2D eigenvalue weighted by molar-refractivity contribution is 5.94. The lowest BCUT2D eigenvalue weighted by Gasteiger charge is -2.14. The molecule has 0 saturated carbocycles. The summed E-state index contributed by atoms with van der Waals surface area (Å²) in [4.78, 5) is 12.3. The van der Waals surface area contributed by atoms with Crippen molar-refractivity contribution in [1.29, 1.82) is 5.26 Å². The molecule has 0 aliphatic rings. The number of hydrogen-bond donors (Lipinski definition) is 1. The van der Waals surface area contributed by atoms with Gasteiger partial charge in [-0.3, -0.25) is 4.79 Å². The molecule has 0 unspecified atom stereocenters. The number of anilines is 1. The van der Waals surface area contributed by atoms with Gasteiger partial charge in [-0.1, -0.05) is 18.2 Å². The van der Waals surface area contributed by atoms with Gasteiger partial charge < -0.3 is 14.8 Å². The lowest BCUT2D eigenvalue weighted by Crippen LogP contribution is -2.16. The van der Waals surface area contributed by atoms with Crippen molar-refractivity contribution in [3.8, 4) is 17.6 Å². The number of para-hydroxylation sites is 1. The first kappa shape index (κ1) is 16.4. The largest absolute Gasteiger partial charge is 0.496 e. The van der Waals surface area contributed by atoms with Gasteiger partial charge >= 0.3 is 0 Å². The van der Waals surface area contributed by atoms with Crippen LogP contribution >= 0.6 is 0 Å². The number of nitrogens with one attached hydrogen (secondary N) is 1. The fraction of sp³-hybridized carbons (Fsp3) is 0.222. The third-order valence-electron chi connectivity index (χ3n) is 3.53. The van der Waals surface area contributed by atoms with Crippen LogP contribution in [0.25, 0.3) is 0 Å². The Balaban J connectivity index is 2.21. The van der Waals surface area contributed by atoms with Crippen molar-refractivity contribution >= 4 is 11.6 Å². The number of benzene rings is 2. The summed E-state index contributed by atoms with van der Waals surface area (Å²) in [6, 6.07) is 12.6. The van der Waals surface area contributed by atoms with Crippen LogP contribution in [0.1, 0.15) is 16.7 Å². The standard InChI is InChI=1S/C18H18N2O3/c1-12-16(22-2)9-8-13(18(12)23-3)10-17(21)20-15-7-5-4-6-14(15)11-19/h4-9H,10H2,1-3H3,(H,20,21). The smallest absolute Gasteiger partial charge is 0.228 e. The topological polar surface area (TPSA) is 71.3 Å². The van der Waals surface area contributed by atoms with Crippen molar-refractivity contribution in [3.63, 3.8) is 0 Å². The molecule has 0 aliphatic carbocycles. The van der Waals surface area contributed by atoms with Crippen LogP contribution in [0.2, 0.25) is 0 Å². The average molecular weight is 310 g/mol. The van der Waals surface area contributed by atoms with Crippen LogP contribution in [-0.2, 0) is 11.2 Å². The number of ether oxygens (including phenoxy) is 2. The lowest BCUT2D eigenvalue weighted by molar-refractivity contribution is -0.115. The number of methoxy groups -OCH3 is 2. The van der Waals surface area contributed by atoms with E-state index < -0.39 is 0 Å². The zero-order chi connectivity index (χ0) is 16.8. The SMILES string of the molecule is COc1ccc(CC(=O)Nc2ccccc2C#N)c(OC)c1C. The molecule has 23 heavy (non-hydrogen) atoms. The predicted molar refractivity (Wildman–Crippen MR) is 87.8 cm³/mol. The van der Waals surface area contributed by atoms with Gasteiger partial charge in [0.25, 0.3) is 0 Å². The number of carbonyl (C=O) groups excluding carboxylic acids is 1. The highest BCUT2D eigenvalue weighted by Gasteiger charge is 2.15. The molecule has 0 saturated heterocycles. The van der Waals surface area contributed by atoms with Gasteiger partial charge in [-0.05, 0) is 25.1 Å². The molecule has 0 aliphatic heterocycles. The van der Waals surface area contributed by atoms with E-state index in [0.717, 1.165) is 11.1 Å². The van der Waals surface area contributed by atoms with E-state index in [4.69, 9.17) is 14.7 Å². The van der Waals surface area contributed by atoms with E-state index in [0.29, 0.717) is 22.7 Å². The van der Waals surface area contributed by atoms with Crippen molar-refractivity contribution < 1.29 is 14.3 Å². The minimum atomic E-state index is -0.212. The zero-order valence-electron chi connectivity index (χ0n) is 13.3. The molecule has 0 fully saturated rings. The Labute approximate surface area is 135 Å². The molecule has 0 atom stereocenters. The summed E-state index contributed by atoms with van der Waals surface area (Å²) in [5.74, 6) is 1.13. The van der Waals surface area contributed by atoms with Crippen molar-refractivity contribution in [2.75, 3.05) is 19.5 Å². The number of amides is 1. The minimum absolute atomic E-state index is 0.147. The third kappa shape index (κ3) is 3.61. The van der Waals surface area contributed by atoms with Gasteiger partial charge in [0.2, 0.25) is 5.91 Å². The van der Waals surface area contributed by atoms with E-state index >= 15 is 0 Å². The number of nitrogens with zero attached hydrogens (tertiary/aromatic N) is 1. The van der Waals surface area contributed by atoms with Gasteiger partial charge in [0, 0.05) is 11.1 Å². The number of hydrogen-bond acceptors (Lipinski definition) is 4. The second-order valence-electron chi connectivity index (χ2n) is 4.97. The van der Waals surface area contributed by atoms with E-state index in [-0.39, 0.29) is 12.3 Å². The lowest BCUT2D eigenvalue weighted by atomic mass is 10.0. The first-order chi connectivity index (χ1) is 11.1. The van der Waals surface area contributed by atoms with E-state index in [1.165, 1.54) is 0 Å². The maximum Gasteiger partial charge on any atom is 0.228 e. The molecule has 0 radical (unpaired) electrons. The molecule has 0 aromatic heterocycles. The molecule has 2 aromatic rings. The highest BCUT2D eigenvalue weighted by Crippen LogP contribution is 2.31. The summed E-state index contributed by atoms with van der Waals surface area (Å²) < 4.78 is 10.7. The normalized spacial score (nSPS) is 9.83. The minimum Gasteiger partial charge on any atom is -0.496 e. The Bertz CT molecular complexity index is 763. The van der Waals surface area contributed by atoms with Gasteiger partial charge in [0.1, 0.15) is 17.6 Å². The van der Waals surface area contributed by atoms with Crippen LogP contribution in [0, 0.1) is 18.3 Å². The molecule has 1 amide bonds. The monoisotopic (exact) mass is 310 g/mol. The quantitative estimate of drug-likeness (QED) is 0.921. The molecule has 2 rings (SSSR count). The zero-order valence-corrected chi connectivity index (χ0v) is 13.3. The maximum atomic E-state index is 12.3. The van der Waals surface area contributed by atoms with Crippen molar-refractivity contribution in [2.45, 2.75) is 13.3 Å². The average Bonchev–Trinajstić information content (AvgIpc) is 2.55. The third-order valence-corrected chi connectivity index (χ3v) is 3.53. The molecular weight excluding hydrogens is 292 g/mol. The fourth-order valence-electron chi connectivity index (χ4n) is 2.43. The van der Waals surface area contributed by atoms with Crippen LogP contribution < -0.4 is 14.8 Å².